The summed E-state index contributed by atoms with van der Waals surface area (Å²) in [5.74, 6) is -6.60. The van der Waals surface area contributed by atoms with Crippen molar-refractivity contribution < 1.29 is 33.8 Å². The number of likely N-dealkylation sites (tertiary alicyclic amines) is 2. The number of benzene rings is 1. The number of carbonyl (C=O) groups is 5. The van der Waals surface area contributed by atoms with Gasteiger partial charge in [-0.1, -0.05) is 33.6 Å². The highest BCUT2D eigenvalue weighted by atomic mass is 79.9. The van der Waals surface area contributed by atoms with Crippen molar-refractivity contribution in [3.63, 3.8) is 0 Å². The third-order valence-corrected chi connectivity index (χ3v) is 9.77. The van der Waals surface area contributed by atoms with E-state index in [1.165, 1.54) is 12.1 Å². The standard InChI is InChI=1S/C24H22BrCl2N3O7/c1-2-37-15-7-10(3-6-14(15)31)17-11-4-5-12-16(19(33)30(18(12)32)22(28)36)13(11)8-23(26)20(34)29(9-25)21(35)24(17,23)27/h3-4,6-7,12-13,16-17,31H,2,5,8-9H2,1H3,(H2,28,36). The van der Waals surface area contributed by atoms with Crippen LogP contribution in [0.1, 0.15) is 31.2 Å². The molecular formula is C24H22BrCl2N3O7. The van der Waals surface area contributed by atoms with Crippen LogP contribution in [0, 0.1) is 17.8 Å². The summed E-state index contributed by atoms with van der Waals surface area (Å²) in [7, 11) is 0. The number of allylic oxidation sites excluding steroid dienone is 2. The highest BCUT2D eigenvalue weighted by Crippen LogP contribution is 2.65. The summed E-state index contributed by atoms with van der Waals surface area (Å²) in [5, 5.41) is 10.3. The van der Waals surface area contributed by atoms with E-state index in [0.717, 1.165) is 4.90 Å². The van der Waals surface area contributed by atoms with Gasteiger partial charge in [-0.3, -0.25) is 24.1 Å². The van der Waals surface area contributed by atoms with E-state index < -0.39 is 63.1 Å². The van der Waals surface area contributed by atoms with Crippen molar-refractivity contribution in [2.45, 2.75) is 35.4 Å². The summed E-state index contributed by atoms with van der Waals surface area (Å²) in [6.07, 6.45) is 1.62. The maximum atomic E-state index is 13.7. The van der Waals surface area contributed by atoms with Crippen molar-refractivity contribution in [1.29, 1.82) is 0 Å². The van der Waals surface area contributed by atoms with Gasteiger partial charge in [-0.15, -0.1) is 23.2 Å². The van der Waals surface area contributed by atoms with Crippen LogP contribution in [-0.4, -0.2) is 66.4 Å². The number of urea groups is 1. The van der Waals surface area contributed by atoms with E-state index in [9.17, 15) is 29.1 Å². The van der Waals surface area contributed by atoms with Crippen LogP contribution in [0.4, 0.5) is 4.79 Å². The highest BCUT2D eigenvalue weighted by molar-refractivity contribution is 9.09. The van der Waals surface area contributed by atoms with Crippen molar-refractivity contribution >= 4 is 68.8 Å². The molecule has 3 fully saturated rings. The van der Waals surface area contributed by atoms with Crippen molar-refractivity contribution in [3.8, 4) is 11.5 Å². The van der Waals surface area contributed by atoms with Gasteiger partial charge < -0.3 is 15.6 Å². The van der Waals surface area contributed by atoms with Gasteiger partial charge in [0.1, 0.15) is 0 Å². The second-order valence-electron chi connectivity index (χ2n) is 9.50. The predicted molar refractivity (Wildman–Crippen MR) is 134 cm³/mol. The first-order valence-electron chi connectivity index (χ1n) is 11.6. The van der Waals surface area contributed by atoms with Gasteiger partial charge in [-0.05, 0) is 43.4 Å². The Morgan fingerprint density at radius 3 is 2.51 bits per heavy atom. The number of nitrogens with two attached hydrogens (primary N) is 1. The number of hydrogen-bond acceptors (Lipinski definition) is 7. The first-order valence-corrected chi connectivity index (χ1v) is 13.4. The molecule has 2 aliphatic heterocycles. The Kier molecular flexibility index (Phi) is 6.12. The predicted octanol–water partition coefficient (Wildman–Crippen LogP) is 2.58. The summed E-state index contributed by atoms with van der Waals surface area (Å²) >= 11 is 17.4. The van der Waals surface area contributed by atoms with Crippen molar-refractivity contribution in [2.75, 3.05) is 12.1 Å². The SMILES string of the molecule is CCOc1cc(C2C3=CCC4C(=O)N(C(N)=O)C(=O)C4C3CC3(Cl)C(=O)N(CBr)C(=O)C23Cl)ccc1O. The lowest BCUT2D eigenvalue weighted by Gasteiger charge is -2.50. The topological polar surface area (TPSA) is 147 Å². The van der Waals surface area contributed by atoms with E-state index in [2.05, 4.69) is 15.9 Å². The van der Waals surface area contributed by atoms with Crippen LogP contribution in [0.3, 0.4) is 0 Å². The molecule has 0 bridgehead atoms. The van der Waals surface area contributed by atoms with Gasteiger partial charge in [-0.25, -0.2) is 4.79 Å². The van der Waals surface area contributed by atoms with Gasteiger partial charge in [0.05, 0.1) is 23.9 Å². The molecule has 5 rings (SSSR count). The van der Waals surface area contributed by atoms with Gasteiger partial charge in [0.15, 0.2) is 21.2 Å². The van der Waals surface area contributed by atoms with Crippen LogP contribution in [0.5, 0.6) is 11.5 Å². The van der Waals surface area contributed by atoms with Crippen LogP contribution in [-0.2, 0) is 19.2 Å². The van der Waals surface area contributed by atoms with Gasteiger partial charge in [0, 0.05) is 5.92 Å². The molecule has 6 atom stereocenters. The third-order valence-electron chi connectivity index (χ3n) is 7.85. The molecular weight excluding hydrogens is 593 g/mol. The molecule has 3 N–H and O–H groups in total. The van der Waals surface area contributed by atoms with Crippen molar-refractivity contribution in [1.82, 2.24) is 9.80 Å². The molecule has 13 heteroatoms. The number of rotatable bonds is 4. The van der Waals surface area contributed by atoms with Gasteiger partial charge >= 0.3 is 6.03 Å². The van der Waals surface area contributed by atoms with Crippen LogP contribution in [0.15, 0.2) is 29.8 Å². The smallest absolute Gasteiger partial charge is 0.328 e. The molecule has 1 aromatic carbocycles. The Morgan fingerprint density at radius 1 is 1.19 bits per heavy atom. The van der Waals surface area contributed by atoms with E-state index in [0.29, 0.717) is 16.0 Å². The molecule has 2 heterocycles. The summed E-state index contributed by atoms with van der Waals surface area (Å²) in [6, 6.07) is 3.27. The average molecular weight is 615 g/mol. The summed E-state index contributed by atoms with van der Waals surface area (Å²) < 4.78 is 5.53. The number of phenols is 1. The largest absolute Gasteiger partial charge is 0.504 e. The van der Waals surface area contributed by atoms with E-state index in [-0.39, 0.29) is 36.4 Å². The monoisotopic (exact) mass is 613 g/mol. The number of ether oxygens (including phenoxy) is 1. The number of primary amides is 1. The number of phenolic OH excluding ortho intramolecular Hbond substituents is 1. The molecule has 2 saturated heterocycles. The number of halogens is 3. The summed E-state index contributed by atoms with van der Waals surface area (Å²) in [4.78, 5) is 62.7. The Bertz CT molecular complexity index is 1300. The molecule has 6 unspecified atom stereocenters. The molecule has 1 saturated carbocycles. The van der Waals surface area contributed by atoms with Crippen LogP contribution < -0.4 is 10.5 Å². The minimum absolute atomic E-state index is 0.101. The van der Waals surface area contributed by atoms with Crippen molar-refractivity contribution in [3.05, 3.63) is 35.4 Å². The lowest BCUT2D eigenvalue weighted by molar-refractivity contribution is -0.139. The molecule has 1 aromatic rings. The molecule has 196 valence electrons. The molecule has 2 aliphatic carbocycles. The highest BCUT2D eigenvalue weighted by Gasteiger charge is 2.76. The van der Waals surface area contributed by atoms with Gasteiger partial charge in [0.2, 0.25) is 11.8 Å². The average Bonchev–Trinajstić information content (AvgIpc) is 3.19. The minimum atomic E-state index is -1.98. The number of fused-ring (bicyclic) bond motifs is 4. The third kappa shape index (κ3) is 3.26. The Hall–Kier alpha value is -2.63. The molecule has 0 aromatic heterocycles. The normalized spacial score (nSPS) is 34.8. The fraction of sp³-hybridized carbons (Fsp3) is 0.458. The molecule has 0 radical (unpaired) electrons. The van der Waals surface area contributed by atoms with Gasteiger partial charge in [-0.2, -0.15) is 4.90 Å². The van der Waals surface area contributed by atoms with Crippen LogP contribution >= 0.6 is 39.1 Å². The van der Waals surface area contributed by atoms with Gasteiger partial charge in [0.25, 0.3) is 11.8 Å². The van der Waals surface area contributed by atoms with E-state index >= 15 is 0 Å². The Balaban J connectivity index is 1.73. The maximum Gasteiger partial charge on any atom is 0.328 e. The lowest BCUT2D eigenvalue weighted by Crippen LogP contribution is -2.60. The molecule has 4 aliphatic rings. The zero-order chi connectivity index (χ0) is 27.0. The first kappa shape index (κ1) is 26.0. The second-order valence-corrected chi connectivity index (χ2v) is 11.2. The second kappa shape index (κ2) is 8.71. The lowest BCUT2D eigenvalue weighted by atomic mass is 9.56. The molecule has 6 amide bonds. The van der Waals surface area contributed by atoms with E-state index in [1.807, 2.05) is 0 Å². The quantitative estimate of drug-likeness (QED) is 0.229. The van der Waals surface area contributed by atoms with E-state index in [1.54, 1.807) is 19.1 Å². The zero-order valence-electron chi connectivity index (χ0n) is 19.4. The van der Waals surface area contributed by atoms with Crippen LogP contribution in [0.25, 0.3) is 0 Å². The number of amides is 6. The number of carbonyl (C=O) groups excluding carboxylic acids is 5. The summed E-state index contributed by atoms with van der Waals surface area (Å²) in [5.41, 5.74) is 6.14. The fourth-order valence-electron chi connectivity index (χ4n) is 6.33. The van der Waals surface area contributed by atoms with Crippen LogP contribution in [0.2, 0.25) is 0 Å². The Labute approximate surface area is 229 Å². The maximum absolute atomic E-state index is 13.7. The number of imide groups is 4. The molecule has 10 nitrogen and oxygen atoms in total. The van der Waals surface area contributed by atoms with E-state index in [4.69, 9.17) is 33.7 Å². The molecule has 0 spiro atoms. The fourth-order valence-corrected chi connectivity index (χ4v) is 7.75. The first-order chi connectivity index (χ1) is 17.4. The number of alkyl halides is 3. The zero-order valence-corrected chi connectivity index (χ0v) is 22.5. The Morgan fingerprint density at radius 2 is 1.89 bits per heavy atom. The summed E-state index contributed by atoms with van der Waals surface area (Å²) in [6.45, 7) is 1.98. The van der Waals surface area contributed by atoms with Crippen molar-refractivity contribution in [2.24, 2.45) is 23.5 Å². The number of hydrogen-bond donors (Lipinski definition) is 2. The number of nitrogens with zero attached hydrogens (tertiary/aromatic N) is 2. The minimum Gasteiger partial charge on any atom is -0.504 e. The molecule has 37 heavy (non-hydrogen) atoms. The number of aromatic hydroxyl groups is 1.